The van der Waals surface area contributed by atoms with Crippen molar-refractivity contribution in [2.24, 2.45) is 5.41 Å². The molecule has 0 amide bonds. The summed E-state index contributed by atoms with van der Waals surface area (Å²) in [6, 6.07) is 5.60. The van der Waals surface area contributed by atoms with Crippen LogP contribution in [0.4, 0.5) is 0 Å². The van der Waals surface area contributed by atoms with Gasteiger partial charge in [-0.25, -0.2) is 0 Å². The van der Waals surface area contributed by atoms with Crippen LogP contribution in [0.15, 0.2) is 18.2 Å². The van der Waals surface area contributed by atoms with Gasteiger partial charge in [0.2, 0.25) is 0 Å². The number of rotatable bonds is 5. The Labute approximate surface area is 172 Å². The zero-order valence-corrected chi connectivity index (χ0v) is 18.1. The Morgan fingerprint density at radius 3 is 2.38 bits per heavy atom. The van der Waals surface area contributed by atoms with Crippen molar-refractivity contribution in [1.29, 1.82) is 0 Å². The summed E-state index contributed by atoms with van der Waals surface area (Å²) in [5.74, 6) is 3.02. The fraction of sp³-hybridized carbons (Fsp3) is 0.550. The largest absolute Gasteiger partial charge is 0.477 e. The first-order chi connectivity index (χ1) is 13.4. The molecule has 8 nitrogen and oxygen atoms in total. The Morgan fingerprint density at radius 2 is 1.86 bits per heavy atom. The zero-order valence-electron chi connectivity index (χ0n) is 17.3. The molecule has 0 saturated carbocycles. The predicted molar refractivity (Wildman–Crippen MR) is 109 cm³/mol. The molecule has 1 N–H and O–H groups in total. The first-order valence-corrected chi connectivity index (χ1v) is 10.9. The fourth-order valence-electron chi connectivity index (χ4n) is 2.24. The van der Waals surface area contributed by atoms with E-state index in [1.807, 2.05) is 32.9 Å². The highest BCUT2D eigenvalue weighted by Crippen LogP contribution is 2.31. The smallest absolute Gasteiger partial charge is 0.316 e. The van der Waals surface area contributed by atoms with E-state index in [4.69, 9.17) is 25.2 Å². The minimum atomic E-state index is -3.67. The van der Waals surface area contributed by atoms with Gasteiger partial charge in [-0.1, -0.05) is 12.0 Å². The highest BCUT2D eigenvalue weighted by Gasteiger charge is 2.25. The Morgan fingerprint density at radius 1 is 1.28 bits per heavy atom. The van der Waals surface area contributed by atoms with Gasteiger partial charge < -0.3 is 14.2 Å². The van der Waals surface area contributed by atoms with E-state index in [1.165, 1.54) is 0 Å². The molecule has 0 spiro atoms. The summed E-state index contributed by atoms with van der Waals surface area (Å²) in [6.45, 7) is 9.66. The molecule has 1 aliphatic heterocycles. The van der Waals surface area contributed by atoms with E-state index in [-0.39, 0.29) is 12.6 Å². The van der Waals surface area contributed by atoms with Gasteiger partial charge >= 0.3 is 5.97 Å². The standard InChI is InChI=1S/C19H25NO4.CH4O3S/c1-5-10-23-17-13-15(14-20-8-11-22-12-9-20)6-7-16(17)24-18(21)19(2,3)4;1-5(2,3)4/h1,6-7,13H,8-12,14H2,2-4H3;1H3,(H,2,3,4). The Kier molecular flexibility index (Phi) is 9.59. The highest BCUT2D eigenvalue weighted by atomic mass is 32.2. The maximum absolute atomic E-state index is 12.1. The van der Waals surface area contributed by atoms with E-state index >= 15 is 0 Å². The van der Waals surface area contributed by atoms with Crippen molar-refractivity contribution in [3.63, 3.8) is 0 Å². The summed E-state index contributed by atoms with van der Waals surface area (Å²) < 4.78 is 42.3. The maximum atomic E-state index is 12.1. The van der Waals surface area contributed by atoms with E-state index in [0.29, 0.717) is 17.8 Å². The molecular weight excluding hydrogens is 398 g/mol. The minimum absolute atomic E-state index is 0.126. The van der Waals surface area contributed by atoms with Gasteiger partial charge in [0.25, 0.3) is 10.1 Å². The van der Waals surface area contributed by atoms with Crippen LogP contribution in [-0.2, 0) is 26.2 Å². The fourth-order valence-corrected chi connectivity index (χ4v) is 2.24. The minimum Gasteiger partial charge on any atom is -0.477 e. The van der Waals surface area contributed by atoms with Gasteiger partial charge in [0.05, 0.1) is 24.9 Å². The van der Waals surface area contributed by atoms with Crippen LogP contribution in [0.1, 0.15) is 26.3 Å². The van der Waals surface area contributed by atoms with Crippen LogP contribution >= 0.6 is 0 Å². The Balaban J connectivity index is 0.000000749. The number of terminal acetylenes is 1. The quantitative estimate of drug-likeness (QED) is 0.329. The molecule has 0 aliphatic carbocycles. The number of carbonyl (C=O) groups excluding carboxylic acids is 1. The average Bonchev–Trinajstić information content (AvgIpc) is 2.60. The molecule has 0 atom stereocenters. The van der Waals surface area contributed by atoms with Gasteiger partial charge in [0.15, 0.2) is 11.5 Å². The molecule has 0 unspecified atom stereocenters. The lowest BCUT2D eigenvalue weighted by Gasteiger charge is -2.26. The molecule has 1 aliphatic rings. The van der Waals surface area contributed by atoms with Crippen LogP contribution in [0.2, 0.25) is 0 Å². The van der Waals surface area contributed by atoms with Crippen LogP contribution in [0.5, 0.6) is 11.5 Å². The van der Waals surface area contributed by atoms with Crippen molar-refractivity contribution < 1.29 is 32.0 Å². The molecule has 9 heteroatoms. The summed E-state index contributed by atoms with van der Waals surface area (Å²) in [4.78, 5) is 14.4. The van der Waals surface area contributed by atoms with Crippen molar-refractivity contribution >= 4 is 16.1 Å². The lowest BCUT2D eigenvalue weighted by molar-refractivity contribution is -0.143. The second-order valence-electron chi connectivity index (χ2n) is 7.53. The monoisotopic (exact) mass is 427 g/mol. The molecule has 1 heterocycles. The molecule has 0 radical (unpaired) electrons. The van der Waals surface area contributed by atoms with Crippen molar-refractivity contribution in [2.45, 2.75) is 27.3 Å². The summed E-state index contributed by atoms with van der Waals surface area (Å²) in [5, 5.41) is 0. The summed E-state index contributed by atoms with van der Waals surface area (Å²) >= 11 is 0. The third-order valence-corrected chi connectivity index (χ3v) is 3.64. The second kappa shape index (κ2) is 11.2. The van der Waals surface area contributed by atoms with Crippen molar-refractivity contribution in [1.82, 2.24) is 4.90 Å². The molecule has 1 aromatic carbocycles. The molecule has 0 aromatic heterocycles. The first kappa shape index (κ1) is 24.9. The van der Waals surface area contributed by atoms with Gasteiger partial charge in [-0.3, -0.25) is 14.2 Å². The molecule has 1 saturated heterocycles. The van der Waals surface area contributed by atoms with E-state index in [1.54, 1.807) is 6.07 Å². The van der Waals surface area contributed by atoms with Crippen molar-refractivity contribution in [2.75, 3.05) is 39.2 Å². The topological polar surface area (TPSA) is 102 Å². The third-order valence-electron chi connectivity index (χ3n) is 3.64. The SMILES string of the molecule is C#CCOc1cc(CN2CCOCC2)ccc1OC(=O)C(C)(C)C.CS(=O)(=O)O. The van der Waals surface area contributed by atoms with Crippen LogP contribution in [-0.4, -0.2) is 63.0 Å². The van der Waals surface area contributed by atoms with Gasteiger partial charge in [-0.05, 0) is 38.5 Å². The maximum Gasteiger partial charge on any atom is 0.316 e. The van der Waals surface area contributed by atoms with E-state index in [9.17, 15) is 13.2 Å². The third kappa shape index (κ3) is 10.9. The molecule has 29 heavy (non-hydrogen) atoms. The first-order valence-electron chi connectivity index (χ1n) is 9.04. The van der Waals surface area contributed by atoms with Crippen LogP contribution in [0, 0.1) is 17.8 Å². The number of morpholine rings is 1. The number of esters is 1. The number of carbonyl (C=O) groups is 1. The number of nitrogens with zero attached hydrogens (tertiary/aromatic N) is 1. The summed E-state index contributed by atoms with van der Waals surface area (Å²) in [6.07, 6.45) is 5.99. The predicted octanol–water partition coefficient (Wildman–Crippen LogP) is 1.99. The van der Waals surface area contributed by atoms with Gasteiger partial charge in [-0.15, -0.1) is 6.42 Å². The molecular formula is C20H29NO7S. The van der Waals surface area contributed by atoms with Crippen molar-refractivity contribution in [3.8, 4) is 23.8 Å². The normalized spacial score (nSPS) is 14.9. The second-order valence-corrected chi connectivity index (χ2v) is 9.00. The number of hydrogen-bond acceptors (Lipinski definition) is 7. The molecule has 1 fully saturated rings. The van der Waals surface area contributed by atoms with E-state index in [0.717, 1.165) is 38.4 Å². The summed E-state index contributed by atoms with van der Waals surface area (Å²) in [5.41, 5.74) is 0.495. The van der Waals surface area contributed by atoms with Gasteiger partial charge in [0, 0.05) is 19.6 Å². The van der Waals surface area contributed by atoms with Crippen molar-refractivity contribution in [3.05, 3.63) is 23.8 Å². The van der Waals surface area contributed by atoms with Gasteiger partial charge in [0.1, 0.15) is 6.61 Å². The number of ether oxygens (including phenoxy) is 3. The zero-order chi connectivity index (χ0) is 22.1. The summed E-state index contributed by atoms with van der Waals surface area (Å²) in [7, 11) is -3.67. The molecule has 1 aromatic rings. The number of benzene rings is 1. The van der Waals surface area contributed by atoms with Crippen LogP contribution in [0.3, 0.4) is 0 Å². The lowest BCUT2D eigenvalue weighted by Crippen LogP contribution is -2.35. The van der Waals surface area contributed by atoms with Crippen LogP contribution < -0.4 is 9.47 Å². The van der Waals surface area contributed by atoms with Crippen LogP contribution in [0.25, 0.3) is 0 Å². The Hall–Kier alpha value is -2.12. The average molecular weight is 428 g/mol. The van der Waals surface area contributed by atoms with E-state index in [2.05, 4.69) is 10.8 Å². The molecule has 162 valence electrons. The van der Waals surface area contributed by atoms with E-state index < -0.39 is 15.5 Å². The lowest BCUT2D eigenvalue weighted by atomic mass is 9.97. The Bertz CT molecular complexity index is 808. The highest BCUT2D eigenvalue weighted by molar-refractivity contribution is 7.85. The molecule has 0 bridgehead atoms. The molecule has 2 rings (SSSR count). The van der Waals surface area contributed by atoms with Gasteiger partial charge in [-0.2, -0.15) is 8.42 Å². The number of hydrogen-bond donors (Lipinski definition) is 1.